The van der Waals surface area contributed by atoms with Crippen LogP contribution in [0.15, 0.2) is 85.2 Å². The maximum Gasteiger partial charge on any atom is 2.00 e. The van der Waals surface area contributed by atoms with E-state index in [1.165, 1.54) is 19.4 Å². The number of hydrogen-bond acceptors (Lipinski definition) is 3. The average molecular weight is 929 g/mol. The fourth-order valence-electron chi connectivity index (χ4n) is 6.43. The van der Waals surface area contributed by atoms with Crippen LogP contribution in [0.5, 0.6) is 11.5 Å². The van der Waals surface area contributed by atoms with Crippen molar-refractivity contribution in [1.29, 1.82) is 0 Å². The molecule has 2 aromatic heterocycles. The summed E-state index contributed by atoms with van der Waals surface area (Å²) in [6.07, 6.45) is -0.729. The smallest absolute Gasteiger partial charge is 2.00 e. The molecule has 0 unspecified atom stereocenters. The van der Waals surface area contributed by atoms with Crippen LogP contribution in [0.25, 0.3) is 44.4 Å². The van der Waals surface area contributed by atoms with Gasteiger partial charge in [-0.05, 0) is 11.5 Å². The first-order valence-electron chi connectivity index (χ1n) is 16.6. The van der Waals surface area contributed by atoms with Crippen molar-refractivity contribution in [2.24, 2.45) is 5.41 Å². The molecule has 6 aromatic rings. The molecule has 262 valence electrons. The van der Waals surface area contributed by atoms with Gasteiger partial charge in [-0.1, -0.05) is 20.8 Å². The first-order chi connectivity index (χ1) is 23.6. The number of nitrogens with zero attached hydrogens (tertiary/aromatic N) is 2. The van der Waals surface area contributed by atoms with E-state index in [9.17, 15) is 13.2 Å². The Morgan fingerprint density at radius 1 is 0.745 bits per heavy atom. The van der Waals surface area contributed by atoms with Crippen LogP contribution in [0, 0.1) is 31.4 Å². The van der Waals surface area contributed by atoms with Gasteiger partial charge in [0, 0.05) is 0 Å². The third-order valence-electron chi connectivity index (χ3n) is 9.17. The van der Waals surface area contributed by atoms with E-state index in [4.69, 9.17) is 9.72 Å². The SMILES string of the molecule is Cc1cc(Oc2[c-]c(-c3nccc4c3[Se]c3cc(CC(C)(C)C(F)(F)F)cc5cccc-4c35)cc(C)c2)[c-]c(-c2cc(C(C)(C)C)ccn2)c1.[Pt+2]. The molecule has 0 fully saturated rings. The Balaban J connectivity index is 0.00000448. The van der Waals surface area contributed by atoms with Crippen molar-refractivity contribution in [1.82, 2.24) is 9.97 Å². The first kappa shape index (κ1) is 37.0. The molecule has 8 heteroatoms. The third-order valence-corrected chi connectivity index (χ3v) is 11.6. The van der Waals surface area contributed by atoms with Crippen LogP contribution < -0.4 is 13.7 Å². The van der Waals surface area contributed by atoms with Crippen LogP contribution in [0.1, 0.15) is 56.9 Å². The number of ether oxygens (including phenoxy) is 1. The Hall–Kier alpha value is -3.76. The Morgan fingerprint density at radius 2 is 1.41 bits per heavy atom. The summed E-state index contributed by atoms with van der Waals surface area (Å²) < 4.78 is 50.2. The van der Waals surface area contributed by atoms with Crippen LogP contribution in [0.4, 0.5) is 13.2 Å². The number of pyridine rings is 2. The van der Waals surface area contributed by atoms with Gasteiger partial charge in [0.05, 0.1) is 0 Å². The second kappa shape index (κ2) is 13.7. The quantitative estimate of drug-likeness (QED) is 0.123. The van der Waals surface area contributed by atoms with Crippen LogP contribution in [-0.4, -0.2) is 31.1 Å². The topological polar surface area (TPSA) is 35.0 Å². The van der Waals surface area contributed by atoms with Gasteiger partial charge in [0.15, 0.2) is 0 Å². The zero-order valence-corrected chi connectivity index (χ0v) is 33.4. The van der Waals surface area contributed by atoms with E-state index >= 15 is 0 Å². The average Bonchev–Trinajstić information content (AvgIpc) is 3.03. The summed E-state index contributed by atoms with van der Waals surface area (Å²) in [6.45, 7) is 13.1. The van der Waals surface area contributed by atoms with Gasteiger partial charge in [-0.2, -0.15) is 0 Å². The van der Waals surface area contributed by atoms with E-state index in [2.05, 4.69) is 62.2 Å². The van der Waals surface area contributed by atoms with E-state index in [1.807, 2.05) is 74.8 Å². The Labute approximate surface area is 318 Å². The monoisotopic (exact) mass is 929 g/mol. The Bertz CT molecular complexity index is 2290. The summed E-state index contributed by atoms with van der Waals surface area (Å²) in [4.78, 5) is 9.50. The summed E-state index contributed by atoms with van der Waals surface area (Å²) in [5, 5.41) is 2.07. The molecule has 1 aliphatic heterocycles. The minimum atomic E-state index is -4.30. The molecule has 0 aliphatic carbocycles. The van der Waals surface area contributed by atoms with E-state index < -0.39 is 11.6 Å². The van der Waals surface area contributed by atoms with Crippen molar-refractivity contribution < 1.29 is 39.0 Å². The number of hydrogen-bond donors (Lipinski definition) is 0. The van der Waals surface area contributed by atoms with Gasteiger partial charge < -0.3 is 0 Å². The van der Waals surface area contributed by atoms with Gasteiger partial charge in [-0.15, -0.1) is 0 Å². The fourth-order valence-corrected chi connectivity index (χ4v) is 9.17. The Kier molecular flexibility index (Phi) is 9.91. The number of aromatic nitrogens is 2. The molecule has 7 rings (SSSR count). The summed E-state index contributed by atoms with van der Waals surface area (Å²) in [6, 6.07) is 31.1. The standard InChI is InChI=1S/C43H37F3N2OSe.Pt/c1-25-15-29(36-23-31(11-13-47-36)41(3,4)5)21-32(17-25)49-33-18-26(2)16-30(22-33)39-40-35(12-14-48-39)34-10-8-9-28-19-27(20-37(50-40)38(28)34)24-42(6,7)43(44,45)46;/h8-20,23H,24H2,1-7H3;/q-2;+2. The summed E-state index contributed by atoms with van der Waals surface area (Å²) >= 11 is -0.212. The summed E-state index contributed by atoms with van der Waals surface area (Å²) in [7, 11) is 0. The van der Waals surface area contributed by atoms with Crippen molar-refractivity contribution in [3.63, 3.8) is 0 Å². The zero-order chi connectivity index (χ0) is 35.6. The molecule has 0 bridgehead atoms. The predicted molar refractivity (Wildman–Crippen MR) is 197 cm³/mol. The molecule has 0 atom stereocenters. The number of fused-ring (bicyclic) bond motifs is 2. The van der Waals surface area contributed by atoms with E-state index in [0.29, 0.717) is 17.1 Å². The minimum absolute atomic E-state index is 0. The maximum absolute atomic E-state index is 13.9. The van der Waals surface area contributed by atoms with Crippen LogP contribution in [0.2, 0.25) is 0 Å². The van der Waals surface area contributed by atoms with Crippen LogP contribution >= 0.6 is 0 Å². The Morgan fingerprint density at radius 3 is 2.10 bits per heavy atom. The molecule has 0 N–H and O–H groups in total. The number of rotatable bonds is 6. The predicted octanol–water partition coefficient (Wildman–Crippen LogP) is 10.0. The molecule has 51 heavy (non-hydrogen) atoms. The second-order valence-corrected chi connectivity index (χ2v) is 17.1. The number of halogens is 3. The van der Waals surface area contributed by atoms with Gasteiger partial charge in [-0.25, -0.2) is 0 Å². The van der Waals surface area contributed by atoms with Gasteiger partial charge in [-0.3, -0.25) is 0 Å². The van der Waals surface area contributed by atoms with Crippen LogP contribution in [0.3, 0.4) is 0 Å². The van der Waals surface area contributed by atoms with Gasteiger partial charge in [0.2, 0.25) is 0 Å². The summed E-state index contributed by atoms with van der Waals surface area (Å²) in [5.41, 5.74) is 7.50. The largest absolute Gasteiger partial charge is 2.00 e. The van der Waals surface area contributed by atoms with Gasteiger partial charge >= 0.3 is 288 Å². The fraction of sp³-hybridized carbons (Fsp3) is 0.256. The molecule has 3 heterocycles. The first-order valence-corrected chi connectivity index (χ1v) is 18.3. The molecular weight excluding hydrogens is 892 g/mol. The molecule has 4 aromatic carbocycles. The van der Waals surface area contributed by atoms with E-state index in [0.717, 1.165) is 64.5 Å². The molecule has 0 saturated carbocycles. The van der Waals surface area contributed by atoms with Crippen molar-refractivity contribution in [3.8, 4) is 45.1 Å². The molecule has 0 spiro atoms. The number of benzene rings is 4. The van der Waals surface area contributed by atoms with Gasteiger partial charge in [0.1, 0.15) is 0 Å². The van der Waals surface area contributed by atoms with E-state index in [1.54, 1.807) is 0 Å². The van der Waals surface area contributed by atoms with Gasteiger partial charge in [0.25, 0.3) is 0 Å². The molecule has 0 saturated heterocycles. The van der Waals surface area contributed by atoms with Crippen LogP contribution in [-0.2, 0) is 32.9 Å². The zero-order valence-electron chi connectivity index (χ0n) is 29.5. The molecule has 1 aliphatic rings. The molecule has 0 amide bonds. The van der Waals surface area contributed by atoms with Crippen molar-refractivity contribution in [3.05, 3.63) is 120 Å². The molecule has 0 radical (unpaired) electrons. The summed E-state index contributed by atoms with van der Waals surface area (Å²) in [5.74, 6) is 1.11. The number of alkyl halides is 3. The van der Waals surface area contributed by atoms with Crippen molar-refractivity contribution >= 4 is 34.7 Å². The molecular formula is C43H37F3N2OPtSe. The maximum atomic E-state index is 13.9. The second-order valence-electron chi connectivity index (χ2n) is 14.8. The number of aryl methyl sites for hydroxylation is 2. The van der Waals surface area contributed by atoms with E-state index in [-0.39, 0.29) is 47.9 Å². The normalized spacial score (nSPS) is 12.7. The molecule has 3 nitrogen and oxygen atoms in total. The van der Waals surface area contributed by atoms with Crippen molar-refractivity contribution in [2.45, 2.75) is 66.5 Å². The third kappa shape index (κ3) is 7.45. The minimum Gasteiger partial charge on any atom is 2.00 e. The van der Waals surface area contributed by atoms with Crippen molar-refractivity contribution in [2.75, 3.05) is 0 Å².